The molecule has 0 amide bonds. The fourth-order valence-electron chi connectivity index (χ4n) is 4.38. The van der Waals surface area contributed by atoms with Crippen molar-refractivity contribution in [2.45, 2.75) is 62.7 Å². The second-order valence-corrected chi connectivity index (χ2v) is 10.4. The molecule has 4 heterocycles. The molecule has 0 saturated carbocycles. The van der Waals surface area contributed by atoms with Crippen molar-refractivity contribution in [1.82, 2.24) is 9.97 Å². The summed E-state index contributed by atoms with van der Waals surface area (Å²) >= 11 is 0. The maximum atomic E-state index is 12.6. The van der Waals surface area contributed by atoms with Gasteiger partial charge in [-0.1, -0.05) is 18.2 Å². The highest BCUT2D eigenvalue weighted by Crippen LogP contribution is 2.34. The Morgan fingerprint density at radius 1 is 1.20 bits per heavy atom. The monoisotopic (exact) mass is 428 g/mol. The van der Waals surface area contributed by atoms with Gasteiger partial charge < -0.3 is 20.1 Å². The average molecular weight is 429 g/mol. The minimum atomic E-state index is -1.04. The standard InChI is InChI=1S/C22H28N4O3S/c1-22(2,27)16-4-3-14-12-26(13-15(14)11-16)21-24-18-7-10-30(28)19(18)20(25-21)23-17-5-8-29-9-6-17/h3-4,11,17,27H,5-10,12-13H2,1-2H3,(H,23,24,25). The molecule has 1 fully saturated rings. The minimum Gasteiger partial charge on any atom is -0.386 e. The lowest BCUT2D eigenvalue weighted by atomic mass is 9.95. The summed E-state index contributed by atoms with van der Waals surface area (Å²) in [5, 5.41) is 13.9. The summed E-state index contributed by atoms with van der Waals surface area (Å²) in [5.74, 6) is 2.03. The zero-order valence-corrected chi connectivity index (χ0v) is 18.3. The van der Waals surface area contributed by atoms with Gasteiger partial charge in [0.15, 0.2) is 0 Å². The molecule has 1 aromatic heterocycles. The van der Waals surface area contributed by atoms with Gasteiger partial charge in [-0.3, -0.25) is 4.21 Å². The number of hydrogen-bond acceptors (Lipinski definition) is 7. The van der Waals surface area contributed by atoms with Crippen molar-refractivity contribution in [1.29, 1.82) is 0 Å². The molecule has 0 aliphatic carbocycles. The maximum Gasteiger partial charge on any atom is 0.228 e. The molecule has 1 unspecified atom stereocenters. The van der Waals surface area contributed by atoms with Crippen LogP contribution in [-0.4, -0.2) is 44.3 Å². The predicted molar refractivity (Wildman–Crippen MR) is 116 cm³/mol. The number of nitrogens with one attached hydrogen (secondary N) is 1. The number of nitrogens with zero attached hydrogens (tertiary/aromatic N) is 3. The number of aromatic nitrogens is 2. The number of aliphatic hydroxyl groups is 1. The van der Waals surface area contributed by atoms with E-state index in [0.29, 0.717) is 18.2 Å². The minimum absolute atomic E-state index is 0.285. The van der Waals surface area contributed by atoms with Gasteiger partial charge in [0.05, 0.1) is 22.1 Å². The van der Waals surface area contributed by atoms with Crippen molar-refractivity contribution in [3.05, 3.63) is 40.6 Å². The van der Waals surface area contributed by atoms with Crippen molar-refractivity contribution < 1.29 is 14.1 Å². The third-order valence-corrected chi connectivity index (χ3v) is 7.62. The van der Waals surface area contributed by atoms with Crippen LogP contribution in [-0.2, 0) is 40.6 Å². The molecule has 0 spiro atoms. The molecule has 2 aromatic rings. The summed E-state index contributed by atoms with van der Waals surface area (Å²) in [6, 6.07) is 6.45. The van der Waals surface area contributed by atoms with Crippen molar-refractivity contribution in [2.24, 2.45) is 0 Å². The van der Waals surface area contributed by atoms with E-state index in [1.807, 2.05) is 6.07 Å². The number of ether oxygens (including phenoxy) is 1. The van der Waals surface area contributed by atoms with Gasteiger partial charge in [-0.25, -0.2) is 4.98 Å². The van der Waals surface area contributed by atoms with Crippen LogP contribution in [0.3, 0.4) is 0 Å². The highest BCUT2D eigenvalue weighted by molar-refractivity contribution is 7.85. The lowest BCUT2D eigenvalue weighted by molar-refractivity contribution is 0.0785. The molecule has 0 radical (unpaired) electrons. The fraction of sp³-hybridized carbons (Fsp3) is 0.545. The average Bonchev–Trinajstić information content (AvgIpc) is 3.31. The summed E-state index contributed by atoms with van der Waals surface area (Å²) in [6.45, 7) is 6.54. The van der Waals surface area contributed by atoms with Crippen LogP contribution in [0.5, 0.6) is 0 Å². The molecule has 1 atom stereocenters. The zero-order valence-electron chi connectivity index (χ0n) is 17.5. The maximum absolute atomic E-state index is 12.6. The molecule has 30 heavy (non-hydrogen) atoms. The van der Waals surface area contributed by atoms with E-state index >= 15 is 0 Å². The van der Waals surface area contributed by atoms with Crippen LogP contribution in [0.25, 0.3) is 0 Å². The van der Waals surface area contributed by atoms with E-state index in [1.165, 1.54) is 11.1 Å². The zero-order chi connectivity index (χ0) is 20.9. The molecule has 3 aliphatic heterocycles. The highest BCUT2D eigenvalue weighted by atomic mass is 32.2. The highest BCUT2D eigenvalue weighted by Gasteiger charge is 2.30. The Bertz CT molecular complexity index is 999. The van der Waals surface area contributed by atoms with Crippen LogP contribution in [0.1, 0.15) is 49.1 Å². The summed E-state index contributed by atoms with van der Waals surface area (Å²) < 4.78 is 18.1. The number of benzene rings is 1. The van der Waals surface area contributed by atoms with Crippen LogP contribution in [0.15, 0.2) is 23.1 Å². The van der Waals surface area contributed by atoms with Crippen LogP contribution in [0, 0.1) is 0 Å². The van der Waals surface area contributed by atoms with E-state index in [1.54, 1.807) is 13.8 Å². The van der Waals surface area contributed by atoms with Gasteiger partial charge in [0, 0.05) is 44.5 Å². The third-order valence-electron chi connectivity index (χ3n) is 6.16. The smallest absolute Gasteiger partial charge is 0.228 e. The lowest BCUT2D eigenvalue weighted by Gasteiger charge is -2.25. The van der Waals surface area contributed by atoms with Crippen LogP contribution in [0.4, 0.5) is 11.8 Å². The van der Waals surface area contributed by atoms with Crippen LogP contribution >= 0.6 is 0 Å². The first-order chi connectivity index (χ1) is 14.4. The van der Waals surface area contributed by atoms with Gasteiger partial charge in [0.1, 0.15) is 10.7 Å². The first kappa shape index (κ1) is 19.9. The van der Waals surface area contributed by atoms with Gasteiger partial charge in [-0.15, -0.1) is 0 Å². The van der Waals surface area contributed by atoms with E-state index in [0.717, 1.165) is 61.0 Å². The predicted octanol–water partition coefficient (Wildman–Crippen LogP) is 2.48. The van der Waals surface area contributed by atoms with Gasteiger partial charge in [-0.2, -0.15) is 4.98 Å². The van der Waals surface area contributed by atoms with Gasteiger partial charge >= 0.3 is 0 Å². The molecule has 2 N–H and O–H groups in total. The largest absolute Gasteiger partial charge is 0.386 e. The van der Waals surface area contributed by atoms with Gasteiger partial charge in [-0.05, 0) is 43.4 Å². The Labute approximate surface area is 179 Å². The van der Waals surface area contributed by atoms with Crippen LogP contribution < -0.4 is 10.2 Å². The number of fused-ring (bicyclic) bond motifs is 2. The topological polar surface area (TPSA) is 87.6 Å². The molecule has 0 bridgehead atoms. The second kappa shape index (κ2) is 7.59. The molecule has 7 nitrogen and oxygen atoms in total. The first-order valence-electron chi connectivity index (χ1n) is 10.6. The Morgan fingerprint density at radius 2 is 1.97 bits per heavy atom. The summed E-state index contributed by atoms with van der Waals surface area (Å²) in [4.78, 5) is 12.6. The summed E-state index contributed by atoms with van der Waals surface area (Å²) in [5.41, 5.74) is 3.38. The van der Waals surface area contributed by atoms with Crippen molar-refractivity contribution in [2.75, 3.05) is 29.2 Å². The Balaban J connectivity index is 1.44. The van der Waals surface area contributed by atoms with Crippen molar-refractivity contribution in [3.8, 4) is 0 Å². The number of anilines is 2. The van der Waals surface area contributed by atoms with Gasteiger partial charge in [0.2, 0.25) is 5.95 Å². The molecular weight excluding hydrogens is 400 g/mol. The van der Waals surface area contributed by atoms with Crippen LogP contribution in [0.2, 0.25) is 0 Å². The van der Waals surface area contributed by atoms with E-state index in [4.69, 9.17) is 14.7 Å². The molecule has 160 valence electrons. The number of rotatable bonds is 4. The first-order valence-corrected chi connectivity index (χ1v) is 11.9. The molecule has 3 aliphatic rings. The molecule has 1 saturated heterocycles. The van der Waals surface area contributed by atoms with Crippen molar-refractivity contribution >= 4 is 22.6 Å². The second-order valence-electron chi connectivity index (χ2n) is 8.88. The Morgan fingerprint density at radius 3 is 2.73 bits per heavy atom. The SMILES string of the molecule is CC(C)(O)c1ccc2c(c1)CN(c1nc3c(c(NC4CCOCC4)n1)S(=O)CC3)C2. The molecular formula is C22H28N4O3S. The van der Waals surface area contributed by atoms with E-state index in [2.05, 4.69) is 22.3 Å². The molecule has 1 aromatic carbocycles. The summed E-state index contributed by atoms with van der Waals surface area (Å²) in [7, 11) is -1.04. The van der Waals surface area contributed by atoms with E-state index < -0.39 is 16.4 Å². The fourth-order valence-corrected chi connectivity index (χ4v) is 5.69. The van der Waals surface area contributed by atoms with E-state index in [-0.39, 0.29) is 6.04 Å². The van der Waals surface area contributed by atoms with E-state index in [9.17, 15) is 9.32 Å². The number of hydrogen-bond donors (Lipinski definition) is 2. The summed E-state index contributed by atoms with van der Waals surface area (Å²) in [6.07, 6.45) is 2.58. The molecule has 8 heteroatoms. The lowest BCUT2D eigenvalue weighted by Crippen LogP contribution is -2.29. The third kappa shape index (κ3) is 3.72. The Hall–Kier alpha value is -2.03. The molecule has 5 rings (SSSR count). The van der Waals surface area contributed by atoms with Crippen molar-refractivity contribution in [3.63, 3.8) is 0 Å². The normalized spacial score (nSPS) is 21.6. The van der Waals surface area contributed by atoms with Gasteiger partial charge in [0.25, 0.3) is 0 Å². The quantitative estimate of drug-likeness (QED) is 0.774. The number of aryl methyl sites for hydroxylation is 1. The Kier molecular flexibility index (Phi) is 5.03.